The van der Waals surface area contributed by atoms with E-state index in [1.54, 1.807) is 0 Å². The number of furan rings is 1. The molecular formula is C20H28N2O2. The molecule has 1 N–H and O–H groups in total. The number of likely N-dealkylation sites (N-methyl/N-ethyl adjacent to an activating group) is 1. The molecule has 0 aliphatic rings. The second kappa shape index (κ2) is 7.22. The Balaban J connectivity index is 2.03. The standard InChI is InChI=1S/C20H28N2O2/c1-14-7-12-18(24-14)17(22(5)6)13-21-19(23)15-8-10-16(11-9-15)20(2,3)4/h7-12,17H,13H2,1-6H3,(H,21,23)/t17-/m1/s1. The molecule has 0 aliphatic heterocycles. The quantitative estimate of drug-likeness (QED) is 0.905. The summed E-state index contributed by atoms with van der Waals surface area (Å²) in [5.41, 5.74) is 1.98. The first-order valence-corrected chi connectivity index (χ1v) is 8.30. The molecule has 0 bridgehead atoms. The highest BCUT2D eigenvalue weighted by atomic mass is 16.3. The van der Waals surface area contributed by atoms with Gasteiger partial charge in [-0.2, -0.15) is 0 Å². The van der Waals surface area contributed by atoms with E-state index in [1.165, 1.54) is 5.56 Å². The third kappa shape index (κ3) is 4.48. The second-order valence-electron chi connectivity index (χ2n) is 7.47. The molecule has 24 heavy (non-hydrogen) atoms. The van der Waals surface area contributed by atoms with Gasteiger partial charge < -0.3 is 9.73 Å². The molecule has 1 atom stereocenters. The van der Waals surface area contributed by atoms with Gasteiger partial charge in [0.2, 0.25) is 0 Å². The number of amides is 1. The zero-order valence-corrected chi connectivity index (χ0v) is 15.5. The summed E-state index contributed by atoms with van der Waals surface area (Å²) in [5.74, 6) is 1.67. The molecule has 0 unspecified atom stereocenters. The molecule has 0 saturated heterocycles. The van der Waals surface area contributed by atoms with Crippen molar-refractivity contribution in [3.63, 3.8) is 0 Å². The fourth-order valence-electron chi connectivity index (χ4n) is 2.58. The minimum atomic E-state index is -0.0643. The molecule has 1 aromatic carbocycles. The van der Waals surface area contributed by atoms with Gasteiger partial charge >= 0.3 is 0 Å². The van der Waals surface area contributed by atoms with Crippen molar-refractivity contribution >= 4 is 5.91 Å². The molecule has 1 aromatic heterocycles. The Labute approximate surface area is 144 Å². The average Bonchev–Trinajstić information content (AvgIpc) is 2.92. The van der Waals surface area contributed by atoms with Crippen molar-refractivity contribution < 1.29 is 9.21 Å². The van der Waals surface area contributed by atoms with Crippen LogP contribution in [-0.4, -0.2) is 31.4 Å². The lowest BCUT2D eigenvalue weighted by Gasteiger charge is -2.23. The largest absolute Gasteiger partial charge is 0.465 e. The van der Waals surface area contributed by atoms with Gasteiger partial charge in [0.1, 0.15) is 11.5 Å². The number of nitrogens with zero attached hydrogens (tertiary/aromatic N) is 1. The van der Waals surface area contributed by atoms with E-state index in [0.717, 1.165) is 11.5 Å². The number of carbonyl (C=O) groups is 1. The molecule has 0 spiro atoms. The van der Waals surface area contributed by atoms with Crippen molar-refractivity contribution in [3.05, 3.63) is 59.0 Å². The van der Waals surface area contributed by atoms with Gasteiger partial charge in [-0.25, -0.2) is 0 Å². The van der Waals surface area contributed by atoms with E-state index in [0.29, 0.717) is 12.1 Å². The monoisotopic (exact) mass is 328 g/mol. The van der Waals surface area contributed by atoms with Crippen LogP contribution in [-0.2, 0) is 5.41 Å². The molecule has 0 saturated carbocycles. The Morgan fingerprint density at radius 2 is 1.75 bits per heavy atom. The van der Waals surface area contributed by atoms with Crippen molar-refractivity contribution in [2.75, 3.05) is 20.6 Å². The maximum absolute atomic E-state index is 12.4. The molecule has 0 aliphatic carbocycles. The molecule has 4 heteroatoms. The highest BCUT2D eigenvalue weighted by Gasteiger charge is 2.19. The van der Waals surface area contributed by atoms with E-state index in [-0.39, 0.29) is 17.4 Å². The van der Waals surface area contributed by atoms with Crippen LogP contribution in [0.1, 0.15) is 54.3 Å². The fraction of sp³-hybridized carbons (Fsp3) is 0.450. The van der Waals surface area contributed by atoms with Crippen LogP contribution in [0.25, 0.3) is 0 Å². The van der Waals surface area contributed by atoms with Crippen LogP contribution < -0.4 is 5.32 Å². The normalized spacial score (nSPS) is 13.1. The maximum atomic E-state index is 12.4. The highest BCUT2D eigenvalue weighted by Crippen LogP contribution is 2.23. The van der Waals surface area contributed by atoms with E-state index < -0.39 is 0 Å². The number of nitrogens with one attached hydrogen (secondary N) is 1. The van der Waals surface area contributed by atoms with Crippen LogP contribution >= 0.6 is 0 Å². The molecule has 2 rings (SSSR count). The molecule has 130 valence electrons. The SMILES string of the molecule is Cc1ccc([C@@H](CNC(=O)c2ccc(C(C)(C)C)cc2)N(C)C)o1. The molecule has 1 amide bonds. The number of aryl methyl sites for hydroxylation is 1. The summed E-state index contributed by atoms with van der Waals surface area (Å²) in [6, 6.07) is 11.7. The first-order valence-electron chi connectivity index (χ1n) is 8.30. The summed E-state index contributed by atoms with van der Waals surface area (Å²) >= 11 is 0. The van der Waals surface area contributed by atoms with E-state index in [4.69, 9.17) is 4.42 Å². The summed E-state index contributed by atoms with van der Waals surface area (Å²) in [4.78, 5) is 14.5. The lowest BCUT2D eigenvalue weighted by molar-refractivity contribution is 0.0939. The molecule has 1 heterocycles. The van der Waals surface area contributed by atoms with Crippen LogP contribution in [0.5, 0.6) is 0 Å². The first kappa shape index (κ1) is 18.3. The van der Waals surface area contributed by atoms with Gasteiger partial charge in [0.25, 0.3) is 5.91 Å². The van der Waals surface area contributed by atoms with Crippen LogP contribution in [0.4, 0.5) is 0 Å². The first-order chi connectivity index (χ1) is 11.2. The van der Waals surface area contributed by atoms with Gasteiger partial charge in [-0.1, -0.05) is 32.9 Å². The topological polar surface area (TPSA) is 45.5 Å². The second-order valence-corrected chi connectivity index (χ2v) is 7.47. The van der Waals surface area contributed by atoms with E-state index in [2.05, 4.69) is 26.1 Å². The van der Waals surface area contributed by atoms with E-state index >= 15 is 0 Å². The smallest absolute Gasteiger partial charge is 0.251 e. The van der Waals surface area contributed by atoms with Gasteiger partial charge in [0, 0.05) is 12.1 Å². The van der Waals surface area contributed by atoms with Gasteiger partial charge in [-0.05, 0) is 56.3 Å². The van der Waals surface area contributed by atoms with Crippen LogP contribution in [0.15, 0.2) is 40.8 Å². The predicted molar refractivity (Wildman–Crippen MR) is 97.3 cm³/mol. The summed E-state index contributed by atoms with van der Waals surface area (Å²) < 4.78 is 5.71. The lowest BCUT2D eigenvalue weighted by atomic mass is 9.87. The zero-order valence-electron chi connectivity index (χ0n) is 15.5. The van der Waals surface area contributed by atoms with Crippen LogP contribution in [0, 0.1) is 6.92 Å². The third-order valence-electron chi connectivity index (χ3n) is 4.18. The number of benzene rings is 1. The Morgan fingerprint density at radius 1 is 1.12 bits per heavy atom. The Morgan fingerprint density at radius 3 is 2.21 bits per heavy atom. The van der Waals surface area contributed by atoms with Gasteiger partial charge in [0.15, 0.2) is 0 Å². The maximum Gasteiger partial charge on any atom is 0.251 e. The number of carbonyl (C=O) groups excluding carboxylic acids is 1. The average molecular weight is 328 g/mol. The fourth-order valence-corrected chi connectivity index (χ4v) is 2.58. The van der Waals surface area contributed by atoms with Crippen LogP contribution in [0.3, 0.4) is 0 Å². The Bertz CT molecular complexity index is 678. The van der Waals surface area contributed by atoms with Crippen molar-refractivity contribution in [1.29, 1.82) is 0 Å². The number of hydrogen-bond acceptors (Lipinski definition) is 3. The van der Waals surface area contributed by atoms with Gasteiger partial charge in [-0.3, -0.25) is 9.69 Å². The zero-order chi connectivity index (χ0) is 17.9. The summed E-state index contributed by atoms with van der Waals surface area (Å²) in [5, 5.41) is 3.01. The molecule has 0 radical (unpaired) electrons. The van der Waals surface area contributed by atoms with E-state index in [9.17, 15) is 4.79 Å². The van der Waals surface area contributed by atoms with Crippen LogP contribution in [0.2, 0.25) is 0 Å². The summed E-state index contributed by atoms with van der Waals surface area (Å²) in [6.45, 7) is 8.91. The minimum Gasteiger partial charge on any atom is -0.465 e. The molecule has 2 aromatic rings. The lowest BCUT2D eigenvalue weighted by Crippen LogP contribution is -2.34. The van der Waals surface area contributed by atoms with Crippen molar-refractivity contribution in [1.82, 2.24) is 10.2 Å². The van der Waals surface area contributed by atoms with E-state index in [1.807, 2.05) is 62.3 Å². The van der Waals surface area contributed by atoms with Crippen molar-refractivity contribution in [2.24, 2.45) is 0 Å². The van der Waals surface area contributed by atoms with Gasteiger partial charge in [-0.15, -0.1) is 0 Å². The Hall–Kier alpha value is -2.07. The van der Waals surface area contributed by atoms with Gasteiger partial charge in [0.05, 0.1) is 6.04 Å². The number of rotatable bonds is 5. The minimum absolute atomic E-state index is 0.0106. The van der Waals surface area contributed by atoms with Crippen molar-refractivity contribution in [3.8, 4) is 0 Å². The third-order valence-corrected chi connectivity index (χ3v) is 4.18. The summed E-state index contributed by atoms with van der Waals surface area (Å²) in [7, 11) is 3.96. The Kier molecular flexibility index (Phi) is 5.50. The molecular weight excluding hydrogens is 300 g/mol. The molecule has 4 nitrogen and oxygen atoms in total. The highest BCUT2D eigenvalue weighted by molar-refractivity contribution is 5.94. The predicted octanol–water partition coefficient (Wildman–Crippen LogP) is 3.92. The molecule has 0 fully saturated rings. The number of hydrogen-bond donors (Lipinski definition) is 1. The van der Waals surface area contributed by atoms with Crippen molar-refractivity contribution in [2.45, 2.75) is 39.2 Å². The summed E-state index contributed by atoms with van der Waals surface area (Å²) in [6.07, 6.45) is 0.